The minimum absolute atomic E-state index is 0.413. The molecule has 2 N–H and O–H groups in total. The predicted octanol–water partition coefficient (Wildman–Crippen LogP) is 2.68. The van der Waals surface area contributed by atoms with E-state index >= 15 is 0 Å². The first-order valence-electron chi connectivity index (χ1n) is 5.77. The van der Waals surface area contributed by atoms with Crippen LogP contribution in [0.2, 0.25) is 0 Å². The molecule has 0 radical (unpaired) electrons. The van der Waals surface area contributed by atoms with Gasteiger partial charge < -0.3 is 5.43 Å². The van der Waals surface area contributed by atoms with Crippen LogP contribution in [0.1, 0.15) is 11.1 Å². The third kappa shape index (κ3) is 2.63. The fraction of sp³-hybridized carbons (Fsp3) is 0.0667. The van der Waals surface area contributed by atoms with Gasteiger partial charge in [-0.25, -0.2) is 0 Å². The summed E-state index contributed by atoms with van der Waals surface area (Å²) in [6.07, 6.45) is 0. The standard InChI is InChI=1S/C15H15N3/c1-17-18-15(13-10-6-3-7-11-13)14(16)12-8-4-2-5-9-12/h2-11,16-17H,1H3/b16-14?,18-15-. The van der Waals surface area contributed by atoms with Gasteiger partial charge >= 0.3 is 0 Å². The number of rotatable bonds is 4. The highest BCUT2D eigenvalue weighted by Crippen LogP contribution is 2.08. The van der Waals surface area contributed by atoms with Gasteiger partial charge in [-0.3, -0.25) is 5.41 Å². The summed E-state index contributed by atoms with van der Waals surface area (Å²) < 4.78 is 0. The van der Waals surface area contributed by atoms with Crippen molar-refractivity contribution < 1.29 is 0 Å². The van der Waals surface area contributed by atoms with Gasteiger partial charge in [0.1, 0.15) is 5.71 Å². The van der Waals surface area contributed by atoms with Gasteiger partial charge in [0.25, 0.3) is 0 Å². The average molecular weight is 237 g/mol. The van der Waals surface area contributed by atoms with E-state index in [9.17, 15) is 0 Å². The lowest BCUT2D eigenvalue weighted by molar-refractivity contribution is 0.904. The lowest BCUT2D eigenvalue weighted by Gasteiger charge is -2.08. The molecule has 0 aromatic heterocycles. The van der Waals surface area contributed by atoms with Crippen molar-refractivity contribution in [3.8, 4) is 0 Å². The normalized spacial score (nSPS) is 11.1. The molecule has 0 heterocycles. The molecule has 0 spiro atoms. The van der Waals surface area contributed by atoms with Crippen molar-refractivity contribution in [3.05, 3.63) is 71.8 Å². The Morgan fingerprint density at radius 3 is 1.89 bits per heavy atom. The van der Waals surface area contributed by atoms with Crippen molar-refractivity contribution >= 4 is 11.4 Å². The SMILES string of the molecule is CN/N=C(\C(=N)c1ccccc1)c1ccccc1. The maximum absolute atomic E-state index is 8.26. The fourth-order valence-corrected chi connectivity index (χ4v) is 1.71. The molecule has 2 aromatic rings. The third-order valence-corrected chi connectivity index (χ3v) is 2.57. The second-order valence-electron chi connectivity index (χ2n) is 3.79. The minimum Gasteiger partial charge on any atom is -0.312 e. The average Bonchev–Trinajstić information content (AvgIpc) is 2.46. The molecule has 0 bridgehead atoms. The predicted molar refractivity (Wildman–Crippen MR) is 75.3 cm³/mol. The molecule has 0 atom stereocenters. The van der Waals surface area contributed by atoms with Crippen molar-refractivity contribution in [3.63, 3.8) is 0 Å². The van der Waals surface area contributed by atoms with E-state index in [0.717, 1.165) is 11.1 Å². The molecule has 0 aliphatic rings. The van der Waals surface area contributed by atoms with Gasteiger partial charge in [0, 0.05) is 18.2 Å². The summed E-state index contributed by atoms with van der Waals surface area (Å²) in [6.45, 7) is 0. The maximum Gasteiger partial charge on any atom is 0.116 e. The summed E-state index contributed by atoms with van der Waals surface area (Å²) in [6, 6.07) is 19.4. The largest absolute Gasteiger partial charge is 0.312 e. The topological polar surface area (TPSA) is 48.2 Å². The Morgan fingerprint density at radius 2 is 1.39 bits per heavy atom. The molecular formula is C15H15N3. The van der Waals surface area contributed by atoms with Gasteiger partial charge in [-0.15, -0.1) is 0 Å². The zero-order chi connectivity index (χ0) is 12.8. The summed E-state index contributed by atoms with van der Waals surface area (Å²) >= 11 is 0. The quantitative estimate of drug-likeness (QED) is 0.623. The summed E-state index contributed by atoms with van der Waals surface area (Å²) in [4.78, 5) is 0. The van der Waals surface area contributed by atoms with Gasteiger partial charge in [0.2, 0.25) is 0 Å². The van der Waals surface area contributed by atoms with Gasteiger partial charge in [-0.2, -0.15) is 5.10 Å². The van der Waals surface area contributed by atoms with Crippen LogP contribution in [0.4, 0.5) is 0 Å². The highest BCUT2D eigenvalue weighted by molar-refractivity contribution is 6.52. The lowest BCUT2D eigenvalue weighted by Crippen LogP contribution is -2.18. The Hall–Kier alpha value is -2.42. The highest BCUT2D eigenvalue weighted by atomic mass is 15.3. The smallest absolute Gasteiger partial charge is 0.116 e. The number of benzene rings is 2. The van der Waals surface area contributed by atoms with Crippen LogP contribution in [-0.4, -0.2) is 18.5 Å². The van der Waals surface area contributed by atoms with Crippen LogP contribution in [0.3, 0.4) is 0 Å². The van der Waals surface area contributed by atoms with Gasteiger partial charge in [-0.1, -0.05) is 60.7 Å². The lowest BCUT2D eigenvalue weighted by atomic mass is 10.0. The zero-order valence-electron chi connectivity index (χ0n) is 10.2. The van der Waals surface area contributed by atoms with E-state index in [1.165, 1.54) is 0 Å². The molecule has 0 aliphatic carbocycles. The van der Waals surface area contributed by atoms with Crippen LogP contribution in [0.15, 0.2) is 65.8 Å². The first-order chi connectivity index (χ1) is 8.83. The van der Waals surface area contributed by atoms with E-state index in [2.05, 4.69) is 10.5 Å². The summed E-state index contributed by atoms with van der Waals surface area (Å²) in [5.41, 5.74) is 5.61. The van der Waals surface area contributed by atoms with Gasteiger partial charge in [-0.05, 0) is 0 Å². The number of nitrogens with zero attached hydrogens (tertiary/aromatic N) is 1. The Balaban J connectivity index is 2.39. The van der Waals surface area contributed by atoms with E-state index in [4.69, 9.17) is 5.41 Å². The monoisotopic (exact) mass is 237 g/mol. The number of hydrogen-bond acceptors (Lipinski definition) is 3. The first kappa shape index (κ1) is 12.0. The zero-order valence-corrected chi connectivity index (χ0v) is 10.2. The number of hydrogen-bond donors (Lipinski definition) is 2. The van der Waals surface area contributed by atoms with E-state index in [1.807, 2.05) is 60.7 Å². The molecular weight excluding hydrogens is 222 g/mol. The van der Waals surface area contributed by atoms with Crippen LogP contribution < -0.4 is 5.43 Å². The molecule has 2 rings (SSSR count). The molecule has 0 fully saturated rings. The van der Waals surface area contributed by atoms with Crippen molar-refractivity contribution in [2.75, 3.05) is 7.05 Å². The van der Waals surface area contributed by atoms with E-state index in [-0.39, 0.29) is 0 Å². The number of nitrogens with one attached hydrogen (secondary N) is 2. The molecule has 0 saturated heterocycles. The van der Waals surface area contributed by atoms with E-state index in [1.54, 1.807) is 7.05 Å². The van der Waals surface area contributed by atoms with Crippen LogP contribution in [-0.2, 0) is 0 Å². The summed E-state index contributed by atoms with van der Waals surface area (Å²) in [5, 5.41) is 12.5. The molecule has 0 aliphatic heterocycles. The van der Waals surface area contributed by atoms with Crippen molar-refractivity contribution in [2.45, 2.75) is 0 Å². The van der Waals surface area contributed by atoms with E-state index in [0.29, 0.717) is 11.4 Å². The van der Waals surface area contributed by atoms with Crippen LogP contribution in [0.5, 0.6) is 0 Å². The van der Waals surface area contributed by atoms with Crippen LogP contribution in [0, 0.1) is 5.41 Å². The maximum atomic E-state index is 8.26. The minimum atomic E-state index is 0.413. The van der Waals surface area contributed by atoms with Crippen LogP contribution >= 0.6 is 0 Å². The third-order valence-electron chi connectivity index (χ3n) is 2.57. The Bertz CT molecular complexity index is 544. The molecule has 2 aromatic carbocycles. The molecule has 3 heteroatoms. The fourth-order valence-electron chi connectivity index (χ4n) is 1.71. The first-order valence-corrected chi connectivity index (χ1v) is 5.77. The van der Waals surface area contributed by atoms with E-state index < -0.39 is 0 Å². The Morgan fingerprint density at radius 1 is 0.889 bits per heavy atom. The molecule has 90 valence electrons. The van der Waals surface area contributed by atoms with Crippen molar-refractivity contribution in [2.24, 2.45) is 5.10 Å². The molecule has 0 saturated carbocycles. The second-order valence-corrected chi connectivity index (χ2v) is 3.79. The molecule has 0 amide bonds. The summed E-state index contributed by atoms with van der Waals surface area (Å²) in [5.74, 6) is 0. The molecule has 0 unspecified atom stereocenters. The van der Waals surface area contributed by atoms with Gasteiger partial charge in [0.15, 0.2) is 0 Å². The molecule has 18 heavy (non-hydrogen) atoms. The summed E-state index contributed by atoms with van der Waals surface area (Å²) in [7, 11) is 1.74. The van der Waals surface area contributed by atoms with Gasteiger partial charge in [0.05, 0.1) is 5.71 Å². The van der Waals surface area contributed by atoms with Crippen molar-refractivity contribution in [1.82, 2.24) is 5.43 Å². The highest BCUT2D eigenvalue weighted by Gasteiger charge is 2.11. The molecule has 3 nitrogen and oxygen atoms in total. The van der Waals surface area contributed by atoms with Crippen LogP contribution in [0.25, 0.3) is 0 Å². The van der Waals surface area contributed by atoms with Crippen molar-refractivity contribution in [1.29, 1.82) is 5.41 Å². The number of hydrazone groups is 1. The Labute approximate surface area is 107 Å². The Kier molecular flexibility index (Phi) is 3.86. The second kappa shape index (κ2) is 5.77.